The number of nitrogens with zero attached hydrogens (tertiary/aromatic N) is 1. The van der Waals surface area contributed by atoms with Crippen molar-refractivity contribution in [1.29, 1.82) is 0 Å². The second kappa shape index (κ2) is 10.4. The fourth-order valence-electron chi connectivity index (χ4n) is 3.49. The number of hydrogen-bond acceptors (Lipinski definition) is 3. The number of amides is 3. The molecule has 1 aliphatic heterocycles. The van der Waals surface area contributed by atoms with Gasteiger partial charge in [-0.25, -0.2) is 4.79 Å². The minimum Gasteiger partial charge on any atom is -0.378 e. The van der Waals surface area contributed by atoms with Gasteiger partial charge >= 0.3 is 6.03 Å². The van der Waals surface area contributed by atoms with Crippen LogP contribution in [-0.4, -0.2) is 49.7 Å². The van der Waals surface area contributed by atoms with Crippen LogP contribution >= 0.6 is 0 Å². The van der Waals surface area contributed by atoms with Gasteiger partial charge in [0, 0.05) is 25.3 Å². The molecule has 1 fully saturated rings. The van der Waals surface area contributed by atoms with Crippen LogP contribution in [0.15, 0.2) is 48.5 Å². The molecular weight excluding hydrogens is 390 g/mol. The van der Waals surface area contributed by atoms with Crippen LogP contribution < -0.4 is 10.6 Å². The van der Waals surface area contributed by atoms with Crippen molar-refractivity contribution in [3.8, 4) is 0 Å². The predicted octanol–water partition coefficient (Wildman–Crippen LogP) is 3.75. The van der Waals surface area contributed by atoms with Crippen molar-refractivity contribution in [1.82, 2.24) is 10.2 Å². The first kappa shape index (κ1) is 22.8. The van der Waals surface area contributed by atoms with Crippen LogP contribution in [0.1, 0.15) is 37.5 Å². The Kier molecular flexibility index (Phi) is 7.69. The van der Waals surface area contributed by atoms with Crippen molar-refractivity contribution in [3.05, 3.63) is 65.2 Å². The number of urea groups is 1. The van der Waals surface area contributed by atoms with Gasteiger partial charge in [-0.3, -0.25) is 4.79 Å². The fraction of sp³-hybridized carbons (Fsp3) is 0.440. The van der Waals surface area contributed by atoms with Gasteiger partial charge in [0.15, 0.2) is 0 Å². The normalized spacial score (nSPS) is 14.2. The molecular formula is C25H33N3O3. The van der Waals surface area contributed by atoms with Crippen molar-refractivity contribution in [2.24, 2.45) is 0 Å². The van der Waals surface area contributed by atoms with Gasteiger partial charge < -0.3 is 20.3 Å². The maximum Gasteiger partial charge on any atom is 0.319 e. The van der Waals surface area contributed by atoms with Crippen LogP contribution in [0.25, 0.3) is 0 Å². The van der Waals surface area contributed by atoms with Gasteiger partial charge in [-0.2, -0.15) is 0 Å². The molecule has 0 aliphatic carbocycles. The summed E-state index contributed by atoms with van der Waals surface area (Å²) in [7, 11) is 0. The van der Waals surface area contributed by atoms with E-state index in [9.17, 15) is 9.59 Å². The first-order valence-corrected chi connectivity index (χ1v) is 10.9. The molecule has 2 aromatic carbocycles. The van der Waals surface area contributed by atoms with Gasteiger partial charge in [-0.1, -0.05) is 57.2 Å². The van der Waals surface area contributed by atoms with Gasteiger partial charge in [0.25, 0.3) is 0 Å². The Morgan fingerprint density at radius 1 is 1.00 bits per heavy atom. The average Bonchev–Trinajstić information content (AvgIpc) is 2.75. The molecule has 0 spiro atoms. The van der Waals surface area contributed by atoms with Crippen molar-refractivity contribution >= 4 is 17.6 Å². The first-order valence-electron chi connectivity index (χ1n) is 10.9. The maximum absolute atomic E-state index is 12.3. The van der Waals surface area contributed by atoms with E-state index >= 15 is 0 Å². The number of rotatable bonds is 6. The minimum atomic E-state index is -0.232. The summed E-state index contributed by atoms with van der Waals surface area (Å²) in [6.07, 6.45) is 1.14. The smallest absolute Gasteiger partial charge is 0.319 e. The molecule has 1 heterocycles. The molecule has 2 aromatic rings. The summed E-state index contributed by atoms with van der Waals surface area (Å²) in [5, 5.41) is 5.75. The summed E-state index contributed by atoms with van der Waals surface area (Å²) in [4.78, 5) is 26.4. The maximum atomic E-state index is 12.3. The highest BCUT2D eigenvalue weighted by Gasteiger charge is 2.17. The average molecular weight is 424 g/mol. The molecule has 166 valence electrons. The Morgan fingerprint density at radius 2 is 1.71 bits per heavy atom. The zero-order valence-corrected chi connectivity index (χ0v) is 18.7. The highest BCUT2D eigenvalue weighted by molar-refractivity contribution is 5.89. The van der Waals surface area contributed by atoms with E-state index in [1.54, 1.807) is 0 Å². The Morgan fingerprint density at radius 3 is 2.39 bits per heavy atom. The molecule has 0 saturated carbocycles. The lowest BCUT2D eigenvalue weighted by atomic mass is 9.86. The molecule has 0 radical (unpaired) electrons. The monoisotopic (exact) mass is 423 g/mol. The highest BCUT2D eigenvalue weighted by Crippen LogP contribution is 2.22. The number of morpholine rings is 1. The number of nitrogens with one attached hydrogen (secondary N) is 2. The van der Waals surface area contributed by atoms with Crippen molar-refractivity contribution in [2.75, 3.05) is 38.2 Å². The van der Waals surface area contributed by atoms with Crippen LogP contribution in [-0.2, 0) is 27.8 Å². The fourth-order valence-corrected chi connectivity index (χ4v) is 3.49. The molecule has 0 atom stereocenters. The number of carbonyl (C=O) groups is 2. The number of ether oxygens (including phenoxy) is 1. The SMILES string of the molecule is CC(C)(C)c1cccc(CCNC(=O)Nc2ccc(CC(=O)N3CCOCC3)cc2)c1. The predicted molar refractivity (Wildman–Crippen MR) is 123 cm³/mol. The summed E-state index contributed by atoms with van der Waals surface area (Å²) in [6, 6.07) is 15.7. The third-order valence-corrected chi connectivity index (χ3v) is 5.42. The molecule has 1 aliphatic rings. The Hall–Kier alpha value is -2.86. The number of benzene rings is 2. The standard InChI is InChI=1S/C25H33N3O3/c1-25(2,3)21-6-4-5-19(17-21)11-12-26-24(30)27-22-9-7-20(8-10-22)18-23(29)28-13-15-31-16-14-28/h4-10,17H,11-16,18H2,1-3H3,(H2,26,27,30). The first-order chi connectivity index (χ1) is 14.8. The molecule has 31 heavy (non-hydrogen) atoms. The lowest BCUT2D eigenvalue weighted by molar-refractivity contribution is -0.134. The van der Waals surface area contributed by atoms with E-state index < -0.39 is 0 Å². The molecule has 0 unspecified atom stereocenters. The molecule has 6 heteroatoms. The minimum absolute atomic E-state index is 0.109. The highest BCUT2D eigenvalue weighted by atomic mass is 16.5. The van der Waals surface area contributed by atoms with Crippen molar-refractivity contribution in [3.63, 3.8) is 0 Å². The van der Waals surface area contributed by atoms with Crippen LogP contribution in [0.5, 0.6) is 0 Å². The largest absolute Gasteiger partial charge is 0.378 e. The van der Waals surface area contributed by atoms with Gasteiger partial charge in [-0.15, -0.1) is 0 Å². The molecule has 3 rings (SSSR count). The van der Waals surface area contributed by atoms with E-state index in [1.807, 2.05) is 29.2 Å². The van der Waals surface area contributed by atoms with Gasteiger partial charge in [0.2, 0.25) is 5.91 Å². The zero-order chi connectivity index (χ0) is 22.3. The molecule has 3 amide bonds. The van der Waals surface area contributed by atoms with E-state index in [0.29, 0.717) is 45.0 Å². The van der Waals surface area contributed by atoms with Crippen LogP contribution in [0.4, 0.5) is 10.5 Å². The van der Waals surface area contributed by atoms with E-state index in [0.717, 1.165) is 12.0 Å². The Bertz CT molecular complexity index is 882. The molecule has 6 nitrogen and oxygen atoms in total. The van der Waals surface area contributed by atoms with E-state index in [2.05, 4.69) is 55.7 Å². The third kappa shape index (κ3) is 7.10. The Balaban J connectivity index is 1.43. The van der Waals surface area contributed by atoms with Crippen LogP contribution in [0.2, 0.25) is 0 Å². The van der Waals surface area contributed by atoms with E-state index in [1.165, 1.54) is 11.1 Å². The van der Waals surface area contributed by atoms with Crippen molar-refractivity contribution in [2.45, 2.75) is 39.0 Å². The van der Waals surface area contributed by atoms with Gasteiger partial charge in [0.1, 0.15) is 0 Å². The van der Waals surface area contributed by atoms with Crippen LogP contribution in [0, 0.1) is 0 Å². The molecule has 1 saturated heterocycles. The lowest BCUT2D eigenvalue weighted by Gasteiger charge is -2.26. The van der Waals surface area contributed by atoms with Crippen LogP contribution in [0.3, 0.4) is 0 Å². The summed E-state index contributed by atoms with van der Waals surface area (Å²) in [5.74, 6) is 0.109. The van der Waals surface area contributed by atoms with Gasteiger partial charge in [-0.05, 0) is 40.7 Å². The number of anilines is 1. The topological polar surface area (TPSA) is 70.7 Å². The second-order valence-electron chi connectivity index (χ2n) is 8.95. The van der Waals surface area contributed by atoms with E-state index in [-0.39, 0.29) is 17.4 Å². The quantitative estimate of drug-likeness (QED) is 0.743. The molecule has 2 N–H and O–H groups in total. The van der Waals surface area contributed by atoms with Crippen molar-refractivity contribution < 1.29 is 14.3 Å². The van der Waals surface area contributed by atoms with E-state index in [4.69, 9.17) is 4.74 Å². The third-order valence-electron chi connectivity index (χ3n) is 5.42. The molecule has 0 aromatic heterocycles. The summed E-state index contributed by atoms with van der Waals surface area (Å²) < 4.78 is 5.28. The number of hydrogen-bond donors (Lipinski definition) is 2. The summed E-state index contributed by atoms with van der Waals surface area (Å²) in [5.41, 5.74) is 4.25. The number of carbonyl (C=O) groups excluding carboxylic acids is 2. The summed E-state index contributed by atoms with van der Waals surface area (Å²) >= 11 is 0. The Labute approximate surface area is 185 Å². The van der Waals surface area contributed by atoms with Gasteiger partial charge in [0.05, 0.1) is 19.6 Å². The summed E-state index contributed by atoms with van der Waals surface area (Å²) in [6.45, 7) is 9.66. The zero-order valence-electron chi connectivity index (χ0n) is 18.7. The second-order valence-corrected chi connectivity index (χ2v) is 8.95. The lowest BCUT2D eigenvalue weighted by Crippen LogP contribution is -2.41. The molecule has 0 bridgehead atoms.